The Morgan fingerprint density at radius 3 is 2.15 bits per heavy atom. The molecule has 4 nitrogen and oxygen atoms in total. The quantitative estimate of drug-likeness (QED) is 0.510. The van der Waals surface area contributed by atoms with Crippen LogP contribution in [0.2, 0.25) is 0 Å². The van der Waals surface area contributed by atoms with Crippen LogP contribution in [0.5, 0.6) is 0 Å². The third kappa shape index (κ3) is 5.99. The third-order valence-corrected chi connectivity index (χ3v) is 3.24. The topological polar surface area (TPSA) is 61.5 Å². The lowest BCUT2D eigenvalue weighted by atomic mass is 10.5. The maximum atomic E-state index is 11.8. The normalized spacial score (nSPS) is 12.5. The first-order valence-electron chi connectivity index (χ1n) is 4.41. The van der Waals surface area contributed by atoms with Crippen molar-refractivity contribution in [3.63, 3.8) is 0 Å². The van der Waals surface area contributed by atoms with Crippen LogP contribution in [0.15, 0.2) is 12.2 Å². The zero-order valence-corrected chi connectivity index (χ0v) is 9.13. The van der Waals surface area contributed by atoms with Crippen molar-refractivity contribution in [3.8, 4) is 0 Å². The summed E-state index contributed by atoms with van der Waals surface area (Å²) in [5.74, 6) is 0. The van der Waals surface area contributed by atoms with Crippen LogP contribution in [0.1, 0.15) is 13.8 Å². The standard InChI is InChI=1S/C8H18NO3P/c1-3-11-13(10,12-4-2)8-6-5-7-9/h5-6H,3-4,7-9H2,1-2H3. The predicted octanol–water partition coefficient (Wildman–Crippen LogP) is 1.77. The number of nitrogens with two attached hydrogens (primary N) is 1. The molecule has 0 amide bonds. The van der Waals surface area contributed by atoms with Crippen molar-refractivity contribution < 1.29 is 13.6 Å². The monoisotopic (exact) mass is 207 g/mol. The van der Waals surface area contributed by atoms with Crippen molar-refractivity contribution in [2.75, 3.05) is 25.9 Å². The molecule has 0 atom stereocenters. The molecule has 0 aromatic heterocycles. The van der Waals surface area contributed by atoms with Crippen LogP contribution in [0.25, 0.3) is 0 Å². The Hall–Kier alpha value is -0.150. The summed E-state index contributed by atoms with van der Waals surface area (Å²) in [4.78, 5) is 0. The molecule has 0 saturated carbocycles. The smallest absolute Gasteiger partial charge is 0.327 e. The predicted molar refractivity (Wildman–Crippen MR) is 53.9 cm³/mol. The number of allylic oxidation sites excluding steroid dienone is 1. The van der Waals surface area contributed by atoms with E-state index in [2.05, 4.69) is 0 Å². The van der Waals surface area contributed by atoms with Gasteiger partial charge in [0.2, 0.25) is 0 Å². The van der Waals surface area contributed by atoms with Gasteiger partial charge in [0.1, 0.15) is 0 Å². The van der Waals surface area contributed by atoms with Gasteiger partial charge >= 0.3 is 7.60 Å². The fourth-order valence-electron chi connectivity index (χ4n) is 0.836. The van der Waals surface area contributed by atoms with Crippen LogP contribution < -0.4 is 5.73 Å². The second-order valence-corrected chi connectivity index (χ2v) is 4.44. The van der Waals surface area contributed by atoms with Crippen LogP contribution in [-0.2, 0) is 13.6 Å². The van der Waals surface area contributed by atoms with Crippen molar-refractivity contribution in [3.05, 3.63) is 12.2 Å². The van der Waals surface area contributed by atoms with Crippen LogP contribution >= 0.6 is 7.60 Å². The first-order valence-corrected chi connectivity index (χ1v) is 6.14. The summed E-state index contributed by atoms with van der Waals surface area (Å²) in [6.07, 6.45) is 3.77. The molecular formula is C8H18NO3P. The summed E-state index contributed by atoms with van der Waals surface area (Å²) in [5.41, 5.74) is 5.25. The van der Waals surface area contributed by atoms with Gasteiger partial charge in [0.25, 0.3) is 0 Å². The summed E-state index contributed by atoms with van der Waals surface area (Å²) in [5, 5.41) is 0. The summed E-state index contributed by atoms with van der Waals surface area (Å²) in [6, 6.07) is 0. The summed E-state index contributed by atoms with van der Waals surface area (Å²) >= 11 is 0. The molecule has 0 saturated heterocycles. The van der Waals surface area contributed by atoms with E-state index in [1.165, 1.54) is 0 Å². The highest BCUT2D eigenvalue weighted by Crippen LogP contribution is 2.47. The highest BCUT2D eigenvalue weighted by Gasteiger charge is 2.20. The maximum Gasteiger partial charge on any atom is 0.334 e. The van der Waals surface area contributed by atoms with Gasteiger partial charge in [-0.1, -0.05) is 12.2 Å². The summed E-state index contributed by atoms with van der Waals surface area (Å²) < 4.78 is 21.9. The Morgan fingerprint density at radius 1 is 1.23 bits per heavy atom. The lowest BCUT2D eigenvalue weighted by Crippen LogP contribution is -1.99. The van der Waals surface area contributed by atoms with E-state index in [-0.39, 0.29) is 0 Å². The number of hydrogen-bond donors (Lipinski definition) is 1. The van der Waals surface area contributed by atoms with Crippen LogP contribution in [0, 0.1) is 0 Å². The summed E-state index contributed by atoms with van der Waals surface area (Å²) in [6.45, 7) is 4.82. The van der Waals surface area contributed by atoms with Gasteiger partial charge < -0.3 is 14.8 Å². The molecule has 0 aromatic rings. The Kier molecular flexibility index (Phi) is 7.19. The fourth-order valence-corrected chi connectivity index (χ4v) is 2.32. The van der Waals surface area contributed by atoms with Gasteiger partial charge in [-0.05, 0) is 13.8 Å². The van der Waals surface area contributed by atoms with Crippen molar-refractivity contribution in [1.82, 2.24) is 0 Å². The Balaban J connectivity index is 4.07. The minimum atomic E-state index is -2.89. The maximum absolute atomic E-state index is 11.8. The van der Waals surface area contributed by atoms with E-state index < -0.39 is 7.60 Å². The number of hydrogen-bond acceptors (Lipinski definition) is 4. The average molecular weight is 207 g/mol. The van der Waals surface area contributed by atoms with Crippen molar-refractivity contribution >= 4 is 7.60 Å². The van der Waals surface area contributed by atoms with E-state index in [0.29, 0.717) is 25.9 Å². The van der Waals surface area contributed by atoms with E-state index in [1.807, 2.05) is 0 Å². The van der Waals surface area contributed by atoms with Crippen molar-refractivity contribution in [2.24, 2.45) is 5.73 Å². The molecule has 78 valence electrons. The molecule has 0 unspecified atom stereocenters. The Bertz CT molecular complexity index is 184. The molecule has 0 aliphatic heterocycles. The lowest BCUT2D eigenvalue weighted by molar-refractivity contribution is 0.222. The fraction of sp³-hybridized carbons (Fsp3) is 0.750. The van der Waals surface area contributed by atoms with Crippen molar-refractivity contribution in [1.29, 1.82) is 0 Å². The molecule has 0 heterocycles. The van der Waals surface area contributed by atoms with E-state index in [0.717, 1.165) is 0 Å². The molecule has 0 spiro atoms. The van der Waals surface area contributed by atoms with Gasteiger partial charge in [-0.25, -0.2) is 0 Å². The molecule has 13 heavy (non-hydrogen) atoms. The van der Waals surface area contributed by atoms with Gasteiger partial charge in [0, 0.05) is 6.54 Å². The number of rotatable bonds is 7. The van der Waals surface area contributed by atoms with E-state index >= 15 is 0 Å². The third-order valence-electron chi connectivity index (χ3n) is 1.28. The zero-order chi connectivity index (χ0) is 10.2. The first-order chi connectivity index (χ1) is 6.18. The highest BCUT2D eigenvalue weighted by molar-refractivity contribution is 7.54. The van der Waals surface area contributed by atoms with Gasteiger partial charge in [-0.3, -0.25) is 4.57 Å². The molecule has 0 aliphatic carbocycles. The van der Waals surface area contributed by atoms with Gasteiger partial charge in [-0.2, -0.15) is 0 Å². The Morgan fingerprint density at radius 2 is 1.77 bits per heavy atom. The molecule has 5 heteroatoms. The largest absolute Gasteiger partial charge is 0.334 e. The van der Waals surface area contributed by atoms with E-state index in [4.69, 9.17) is 14.8 Å². The molecule has 0 fully saturated rings. The first kappa shape index (κ1) is 12.8. The van der Waals surface area contributed by atoms with Crippen LogP contribution in [0.4, 0.5) is 0 Å². The van der Waals surface area contributed by atoms with Crippen molar-refractivity contribution in [2.45, 2.75) is 13.8 Å². The lowest BCUT2D eigenvalue weighted by Gasteiger charge is -2.14. The van der Waals surface area contributed by atoms with Gasteiger partial charge in [0.15, 0.2) is 0 Å². The zero-order valence-electron chi connectivity index (χ0n) is 8.23. The molecule has 0 aromatic carbocycles. The minimum absolute atomic E-state index is 0.297. The molecule has 2 N–H and O–H groups in total. The molecule has 0 radical (unpaired) electrons. The van der Waals surface area contributed by atoms with E-state index in [9.17, 15) is 4.57 Å². The van der Waals surface area contributed by atoms with Crippen LogP contribution in [-0.4, -0.2) is 25.9 Å². The van der Waals surface area contributed by atoms with Crippen LogP contribution in [0.3, 0.4) is 0 Å². The van der Waals surface area contributed by atoms with Gasteiger partial charge in [0.05, 0.1) is 19.4 Å². The highest BCUT2D eigenvalue weighted by atomic mass is 31.2. The average Bonchev–Trinajstić information content (AvgIpc) is 2.05. The summed E-state index contributed by atoms with van der Waals surface area (Å²) in [7, 11) is -2.89. The molecule has 0 bridgehead atoms. The second kappa shape index (κ2) is 7.27. The Labute approximate surface area is 79.6 Å². The molecule has 0 aliphatic rings. The van der Waals surface area contributed by atoms with E-state index in [1.54, 1.807) is 26.0 Å². The van der Waals surface area contributed by atoms with Gasteiger partial charge in [-0.15, -0.1) is 0 Å². The molecule has 0 rings (SSSR count). The minimum Gasteiger partial charge on any atom is -0.327 e. The SMILES string of the molecule is CCOP(=O)(CC=CCN)OCC. The second-order valence-electron chi connectivity index (χ2n) is 2.34. The molecular weight excluding hydrogens is 189 g/mol.